The lowest BCUT2D eigenvalue weighted by Crippen LogP contribution is -2.55. The van der Waals surface area contributed by atoms with Gasteiger partial charge in [-0.25, -0.2) is 0 Å². The Morgan fingerprint density at radius 1 is 1.42 bits per heavy atom. The third-order valence-electron chi connectivity index (χ3n) is 4.03. The highest BCUT2D eigenvalue weighted by molar-refractivity contribution is 5.82. The van der Waals surface area contributed by atoms with Gasteiger partial charge in [-0.15, -0.1) is 0 Å². The second-order valence-electron chi connectivity index (χ2n) is 5.24. The number of rotatable bonds is 3. The van der Waals surface area contributed by atoms with Gasteiger partial charge >= 0.3 is 0 Å². The molecule has 0 radical (unpaired) electrons. The van der Waals surface area contributed by atoms with Crippen molar-refractivity contribution in [3.05, 3.63) is 29.8 Å². The molecule has 0 bridgehead atoms. The van der Waals surface area contributed by atoms with Gasteiger partial charge < -0.3 is 15.0 Å². The van der Waals surface area contributed by atoms with E-state index in [1.165, 1.54) is 5.56 Å². The lowest BCUT2D eigenvalue weighted by molar-refractivity contribution is -0.136. The SMILES string of the molecule is CCC1NCCN(CC2COc3ccccc32)C1=O. The van der Waals surface area contributed by atoms with Crippen LogP contribution in [0.5, 0.6) is 5.75 Å². The van der Waals surface area contributed by atoms with E-state index in [4.69, 9.17) is 4.74 Å². The fourth-order valence-corrected chi connectivity index (χ4v) is 2.94. The molecule has 4 heteroatoms. The molecular weight excluding hydrogens is 240 g/mol. The summed E-state index contributed by atoms with van der Waals surface area (Å²) in [7, 11) is 0. The minimum Gasteiger partial charge on any atom is -0.493 e. The molecule has 1 N–H and O–H groups in total. The first kappa shape index (κ1) is 12.5. The van der Waals surface area contributed by atoms with E-state index < -0.39 is 0 Å². The van der Waals surface area contributed by atoms with E-state index in [1.54, 1.807) is 0 Å². The van der Waals surface area contributed by atoms with Gasteiger partial charge in [0.1, 0.15) is 5.75 Å². The fourth-order valence-electron chi connectivity index (χ4n) is 2.94. The zero-order chi connectivity index (χ0) is 13.2. The summed E-state index contributed by atoms with van der Waals surface area (Å²) in [5.74, 6) is 1.52. The van der Waals surface area contributed by atoms with E-state index in [0.717, 1.165) is 31.8 Å². The summed E-state index contributed by atoms with van der Waals surface area (Å²) < 4.78 is 5.69. The van der Waals surface area contributed by atoms with Gasteiger partial charge in [0.25, 0.3) is 0 Å². The van der Waals surface area contributed by atoms with Crippen LogP contribution in [-0.4, -0.2) is 43.1 Å². The number of fused-ring (bicyclic) bond motifs is 1. The molecule has 2 unspecified atom stereocenters. The Labute approximate surface area is 113 Å². The highest BCUT2D eigenvalue weighted by Crippen LogP contribution is 2.34. The van der Waals surface area contributed by atoms with Crippen molar-refractivity contribution in [3.63, 3.8) is 0 Å². The number of nitrogens with zero attached hydrogens (tertiary/aromatic N) is 1. The molecule has 2 heterocycles. The zero-order valence-electron chi connectivity index (χ0n) is 11.3. The Kier molecular flexibility index (Phi) is 3.42. The van der Waals surface area contributed by atoms with E-state index in [2.05, 4.69) is 11.4 Å². The molecular formula is C15H20N2O2. The largest absolute Gasteiger partial charge is 0.493 e. The molecule has 0 spiro atoms. The summed E-state index contributed by atoms with van der Waals surface area (Å²) in [5, 5.41) is 3.27. The standard InChI is InChI=1S/C15H20N2O2/c1-2-13-15(18)17(8-7-16-13)9-11-10-19-14-6-4-3-5-12(11)14/h3-6,11,13,16H,2,7-10H2,1H3. The van der Waals surface area contributed by atoms with Crippen LogP contribution < -0.4 is 10.1 Å². The number of amides is 1. The van der Waals surface area contributed by atoms with E-state index in [-0.39, 0.29) is 11.9 Å². The maximum absolute atomic E-state index is 12.3. The van der Waals surface area contributed by atoms with Crippen molar-refractivity contribution in [3.8, 4) is 5.75 Å². The molecule has 1 fully saturated rings. The maximum atomic E-state index is 12.3. The Morgan fingerprint density at radius 3 is 3.11 bits per heavy atom. The van der Waals surface area contributed by atoms with Crippen molar-refractivity contribution in [1.29, 1.82) is 0 Å². The normalized spacial score (nSPS) is 26.2. The molecule has 0 saturated carbocycles. The van der Waals surface area contributed by atoms with Crippen LogP contribution in [0.25, 0.3) is 0 Å². The molecule has 2 aliphatic rings. The number of nitrogens with one attached hydrogen (secondary N) is 1. The summed E-state index contributed by atoms with van der Waals surface area (Å²) in [6.45, 7) is 5.20. The molecule has 102 valence electrons. The minimum absolute atomic E-state index is 0.00804. The number of carbonyl (C=O) groups is 1. The quantitative estimate of drug-likeness (QED) is 0.892. The van der Waals surface area contributed by atoms with Gasteiger partial charge in [-0.3, -0.25) is 4.79 Å². The van der Waals surface area contributed by atoms with Gasteiger partial charge in [-0.05, 0) is 12.5 Å². The highest BCUT2D eigenvalue weighted by Gasteiger charge is 2.31. The Balaban J connectivity index is 1.71. The second-order valence-corrected chi connectivity index (χ2v) is 5.24. The first-order chi connectivity index (χ1) is 9.29. The lowest BCUT2D eigenvalue weighted by atomic mass is 9.99. The predicted octanol–water partition coefficient (Wildman–Crippen LogP) is 1.37. The van der Waals surface area contributed by atoms with Gasteiger partial charge in [0.2, 0.25) is 5.91 Å². The summed E-state index contributed by atoms with van der Waals surface area (Å²) in [6, 6.07) is 8.13. The Morgan fingerprint density at radius 2 is 2.26 bits per heavy atom. The molecule has 19 heavy (non-hydrogen) atoms. The number of carbonyl (C=O) groups excluding carboxylic acids is 1. The van der Waals surface area contributed by atoms with Crippen LogP contribution >= 0.6 is 0 Å². The van der Waals surface area contributed by atoms with Crippen LogP contribution in [0, 0.1) is 0 Å². The van der Waals surface area contributed by atoms with Crippen LogP contribution in [0.4, 0.5) is 0 Å². The summed E-state index contributed by atoms with van der Waals surface area (Å²) in [6.07, 6.45) is 0.854. The van der Waals surface area contributed by atoms with Crippen LogP contribution in [0.15, 0.2) is 24.3 Å². The van der Waals surface area contributed by atoms with Crippen molar-refractivity contribution in [2.24, 2.45) is 0 Å². The number of piperazine rings is 1. The van der Waals surface area contributed by atoms with Crippen LogP contribution in [0.1, 0.15) is 24.8 Å². The summed E-state index contributed by atoms with van der Waals surface area (Å²) in [4.78, 5) is 14.3. The second kappa shape index (κ2) is 5.21. The van der Waals surface area contributed by atoms with Gasteiger partial charge in [0.15, 0.2) is 0 Å². The fraction of sp³-hybridized carbons (Fsp3) is 0.533. The molecule has 2 aliphatic heterocycles. The molecule has 0 aliphatic carbocycles. The summed E-state index contributed by atoms with van der Waals surface area (Å²) in [5.41, 5.74) is 1.24. The third-order valence-corrected chi connectivity index (χ3v) is 4.03. The monoisotopic (exact) mass is 260 g/mol. The van der Waals surface area contributed by atoms with E-state index in [9.17, 15) is 4.79 Å². The van der Waals surface area contributed by atoms with Crippen molar-refractivity contribution < 1.29 is 9.53 Å². The lowest BCUT2D eigenvalue weighted by Gasteiger charge is -2.34. The van der Waals surface area contributed by atoms with E-state index in [1.807, 2.05) is 30.0 Å². The van der Waals surface area contributed by atoms with Crippen LogP contribution in [-0.2, 0) is 4.79 Å². The molecule has 1 amide bonds. The third kappa shape index (κ3) is 2.32. The van der Waals surface area contributed by atoms with Crippen LogP contribution in [0.3, 0.4) is 0 Å². The number of hydrogen-bond acceptors (Lipinski definition) is 3. The van der Waals surface area contributed by atoms with Crippen LogP contribution in [0.2, 0.25) is 0 Å². The van der Waals surface area contributed by atoms with Gasteiger partial charge in [0, 0.05) is 31.1 Å². The van der Waals surface area contributed by atoms with Gasteiger partial charge in [-0.2, -0.15) is 0 Å². The van der Waals surface area contributed by atoms with E-state index in [0.29, 0.717) is 12.5 Å². The highest BCUT2D eigenvalue weighted by atomic mass is 16.5. The average Bonchev–Trinajstić information content (AvgIpc) is 2.85. The molecule has 1 saturated heterocycles. The Bertz CT molecular complexity index is 475. The van der Waals surface area contributed by atoms with Crippen molar-refractivity contribution in [2.45, 2.75) is 25.3 Å². The molecule has 0 aromatic heterocycles. The topological polar surface area (TPSA) is 41.6 Å². The number of para-hydroxylation sites is 1. The van der Waals surface area contributed by atoms with Crippen molar-refractivity contribution in [1.82, 2.24) is 10.2 Å². The summed E-state index contributed by atoms with van der Waals surface area (Å²) >= 11 is 0. The van der Waals surface area contributed by atoms with Gasteiger partial charge in [-0.1, -0.05) is 25.1 Å². The van der Waals surface area contributed by atoms with Crippen molar-refractivity contribution in [2.75, 3.05) is 26.2 Å². The number of ether oxygens (including phenoxy) is 1. The zero-order valence-corrected chi connectivity index (χ0v) is 11.3. The molecule has 3 rings (SSSR count). The first-order valence-corrected chi connectivity index (χ1v) is 7.03. The first-order valence-electron chi connectivity index (χ1n) is 7.03. The predicted molar refractivity (Wildman–Crippen MR) is 73.3 cm³/mol. The molecule has 4 nitrogen and oxygen atoms in total. The molecule has 1 aromatic carbocycles. The molecule has 2 atom stereocenters. The minimum atomic E-state index is -0.00804. The number of hydrogen-bond donors (Lipinski definition) is 1. The van der Waals surface area contributed by atoms with Gasteiger partial charge in [0.05, 0.1) is 12.6 Å². The maximum Gasteiger partial charge on any atom is 0.239 e. The van der Waals surface area contributed by atoms with E-state index >= 15 is 0 Å². The smallest absolute Gasteiger partial charge is 0.239 e. The molecule has 1 aromatic rings. The van der Waals surface area contributed by atoms with Crippen molar-refractivity contribution >= 4 is 5.91 Å². The number of benzene rings is 1. The average molecular weight is 260 g/mol. The Hall–Kier alpha value is -1.55.